The fraction of sp³-hybridized carbons (Fsp3) is 0.750. The van der Waals surface area contributed by atoms with Crippen LogP contribution < -0.4 is 0 Å². The third kappa shape index (κ3) is 3.36. The average Bonchev–Trinajstić information content (AvgIpc) is 2.98. The van der Waals surface area contributed by atoms with Gasteiger partial charge in [0.15, 0.2) is 5.69 Å². The molecule has 0 bridgehead atoms. The van der Waals surface area contributed by atoms with Crippen molar-refractivity contribution >= 4 is 27.3 Å². The van der Waals surface area contributed by atoms with Crippen molar-refractivity contribution in [3.05, 3.63) is 15.6 Å². The molecule has 0 amide bonds. The van der Waals surface area contributed by atoms with Gasteiger partial charge in [0.1, 0.15) is 5.01 Å². The number of hydrogen-bond acceptors (Lipinski definition) is 5. The van der Waals surface area contributed by atoms with Crippen LogP contribution in [-0.4, -0.2) is 40.6 Å². The lowest BCUT2D eigenvalue weighted by Crippen LogP contribution is -2.44. The molecule has 2 heterocycles. The molecule has 1 aliphatic heterocycles. The predicted octanol–water partition coefficient (Wildman–Crippen LogP) is 3.34. The monoisotopic (exact) mass is 372 g/mol. The highest BCUT2D eigenvalue weighted by molar-refractivity contribution is 7.89. The number of sulfonamides is 1. The van der Waals surface area contributed by atoms with Gasteiger partial charge in [-0.05, 0) is 32.6 Å². The molecule has 1 N–H and O–H groups in total. The van der Waals surface area contributed by atoms with Crippen LogP contribution in [-0.2, 0) is 10.0 Å². The average molecular weight is 373 g/mol. The van der Waals surface area contributed by atoms with E-state index in [-0.39, 0.29) is 17.0 Å². The van der Waals surface area contributed by atoms with Gasteiger partial charge in [0.2, 0.25) is 10.0 Å². The molecule has 134 valence electrons. The summed E-state index contributed by atoms with van der Waals surface area (Å²) in [6, 6.07) is -0.303. The first kappa shape index (κ1) is 17.8. The Morgan fingerprint density at radius 1 is 1.17 bits per heavy atom. The highest BCUT2D eigenvalue weighted by atomic mass is 32.2. The number of aryl methyl sites for hydroxylation is 1. The summed E-state index contributed by atoms with van der Waals surface area (Å²) in [6.07, 6.45) is 7.07. The number of aromatic nitrogens is 1. The molecule has 0 radical (unpaired) electrons. The number of thiazole rings is 1. The number of piperidine rings is 1. The van der Waals surface area contributed by atoms with Crippen LogP contribution in [0.2, 0.25) is 0 Å². The lowest BCUT2D eigenvalue weighted by atomic mass is 10.0. The van der Waals surface area contributed by atoms with Gasteiger partial charge in [0, 0.05) is 11.4 Å². The molecule has 2 fully saturated rings. The van der Waals surface area contributed by atoms with Gasteiger partial charge in [-0.1, -0.05) is 25.7 Å². The van der Waals surface area contributed by atoms with Crippen LogP contribution in [0, 0.1) is 6.92 Å². The molecular formula is C16H24N2O4S2. The van der Waals surface area contributed by atoms with Crippen molar-refractivity contribution in [1.82, 2.24) is 9.29 Å². The van der Waals surface area contributed by atoms with Crippen LogP contribution in [0.3, 0.4) is 0 Å². The summed E-state index contributed by atoms with van der Waals surface area (Å²) in [5.74, 6) is -1.05. The maximum Gasteiger partial charge on any atom is 0.355 e. The van der Waals surface area contributed by atoms with Gasteiger partial charge in [0.25, 0.3) is 0 Å². The first-order valence-corrected chi connectivity index (χ1v) is 10.9. The highest BCUT2D eigenvalue weighted by Crippen LogP contribution is 2.39. The largest absolute Gasteiger partial charge is 0.476 e. The Hall–Kier alpha value is -0.990. The van der Waals surface area contributed by atoms with Gasteiger partial charge in [-0.2, -0.15) is 4.31 Å². The van der Waals surface area contributed by atoms with E-state index < -0.39 is 16.0 Å². The lowest BCUT2D eigenvalue weighted by Gasteiger charge is -2.37. The standard InChI is InChI=1S/C16H24N2O4S2/c1-11-14(16(19)20)17-15(23-11)13-9-5-6-10-18(13)24(21,22)12-7-3-2-4-8-12/h12-13H,2-10H2,1H3,(H,19,20). The zero-order valence-electron chi connectivity index (χ0n) is 13.9. The van der Waals surface area contributed by atoms with Crippen molar-refractivity contribution in [2.75, 3.05) is 6.54 Å². The molecule has 2 aliphatic rings. The summed E-state index contributed by atoms with van der Waals surface area (Å²) in [4.78, 5) is 16.1. The Bertz CT molecular complexity index is 708. The number of rotatable bonds is 4. The van der Waals surface area contributed by atoms with Crippen LogP contribution in [0.4, 0.5) is 0 Å². The summed E-state index contributed by atoms with van der Waals surface area (Å²) in [7, 11) is -3.35. The summed E-state index contributed by atoms with van der Waals surface area (Å²) < 4.78 is 27.9. The molecule has 6 nitrogen and oxygen atoms in total. The molecule has 1 aromatic heterocycles. The van der Waals surface area contributed by atoms with E-state index in [0.717, 1.165) is 51.4 Å². The van der Waals surface area contributed by atoms with Crippen molar-refractivity contribution < 1.29 is 18.3 Å². The molecule has 1 unspecified atom stereocenters. The fourth-order valence-corrected chi connectivity index (χ4v) is 7.15. The topological polar surface area (TPSA) is 87.6 Å². The fourth-order valence-electron chi connectivity index (χ4n) is 3.77. The van der Waals surface area contributed by atoms with E-state index in [1.807, 2.05) is 0 Å². The van der Waals surface area contributed by atoms with Crippen molar-refractivity contribution in [1.29, 1.82) is 0 Å². The van der Waals surface area contributed by atoms with Crippen LogP contribution in [0.15, 0.2) is 0 Å². The minimum absolute atomic E-state index is 0.0515. The van der Waals surface area contributed by atoms with E-state index >= 15 is 0 Å². The SMILES string of the molecule is Cc1sc(C2CCCCN2S(=O)(=O)C2CCCCC2)nc1C(=O)O. The Balaban J connectivity index is 1.90. The van der Waals surface area contributed by atoms with E-state index in [9.17, 15) is 18.3 Å². The summed E-state index contributed by atoms with van der Waals surface area (Å²) in [6.45, 7) is 2.25. The molecule has 1 atom stereocenters. The second-order valence-electron chi connectivity index (χ2n) is 6.69. The molecule has 1 saturated heterocycles. The second-order valence-corrected chi connectivity index (χ2v) is 10.1. The summed E-state index contributed by atoms with van der Waals surface area (Å²) in [5.41, 5.74) is 0.0515. The Morgan fingerprint density at radius 3 is 2.46 bits per heavy atom. The Morgan fingerprint density at radius 2 is 1.83 bits per heavy atom. The third-order valence-corrected chi connectivity index (χ3v) is 8.53. The zero-order chi connectivity index (χ0) is 17.3. The van der Waals surface area contributed by atoms with Gasteiger partial charge in [-0.3, -0.25) is 0 Å². The smallest absolute Gasteiger partial charge is 0.355 e. The summed E-state index contributed by atoms with van der Waals surface area (Å²) >= 11 is 1.32. The first-order chi connectivity index (χ1) is 11.4. The molecule has 8 heteroatoms. The van der Waals surface area contributed by atoms with Crippen LogP contribution in [0.5, 0.6) is 0 Å². The minimum Gasteiger partial charge on any atom is -0.476 e. The molecule has 3 rings (SSSR count). The number of carboxylic acids is 1. The number of aromatic carboxylic acids is 1. The van der Waals surface area contributed by atoms with Crippen molar-refractivity contribution in [3.63, 3.8) is 0 Å². The molecule has 1 aromatic rings. The quantitative estimate of drug-likeness (QED) is 0.876. The normalized spacial score (nSPS) is 24.1. The first-order valence-electron chi connectivity index (χ1n) is 8.62. The number of carbonyl (C=O) groups is 1. The molecule has 0 aromatic carbocycles. The molecule has 1 saturated carbocycles. The van der Waals surface area contributed by atoms with Gasteiger partial charge in [-0.25, -0.2) is 18.2 Å². The van der Waals surface area contributed by atoms with Crippen LogP contribution in [0.1, 0.15) is 77.8 Å². The van der Waals surface area contributed by atoms with E-state index in [1.165, 1.54) is 11.3 Å². The van der Waals surface area contributed by atoms with Gasteiger partial charge in [0.05, 0.1) is 11.3 Å². The van der Waals surface area contributed by atoms with E-state index in [2.05, 4.69) is 4.98 Å². The van der Waals surface area contributed by atoms with Crippen molar-refractivity contribution in [2.45, 2.75) is 69.6 Å². The maximum absolute atomic E-state index is 13.1. The molecule has 0 spiro atoms. The van der Waals surface area contributed by atoms with Crippen molar-refractivity contribution in [3.8, 4) is 0 Å². The highest BCUT2D eigenvalue weighted by Gasteiger charge is 2.40. The number of hydrogen-bond donors (Lipinski definition) is 1. The van der Waals surface area contributed by atoms with Gasteiger partial charge >= 0.3 is 5.97 Å². The number of carboxylic acid groups (broad SMARTS) is 1. The van der Waals surface area contributed by atoms with E-state index in [4.69, 9.17) is 0 Å². The molecular weight excluding hydrogens is 348 g/mol. The maximum atomic E-state index is 13.1. The van der Waals surface area contributed by atoms with Crippen LogP contribution in [0.25, 0.3) is 0 Å². The molecule has 1 aliphatic carbocycles. The number of nitrogens with zero attached hydrogens (tertiary/aromatic N) is 2. The van der Waals surface area contributed by atoms with Crippen molar-refractivity contribution in [2.24, 2.45) is 0 Å². The van der Waals surface area contributed by atoms with Gasteiger partial charge < -0.3 is 5.11 Å². The predicted molar refractivity (Wildman–Crippen MR) is 92.9 cm³/mol. The van der Waals surface area contributed by atoms with Gasteiger partial charge in [-0.15, -0.1) is 11.3 Å². The van der Waals surface area contributed by atoms with Crippen LogP contribution >= 0.6 is 11.3 Å². The Labute approximate surface area is 147 Å². The summed E-state index contributed by atoms with van der Waals surface area (Å²) in [5, 5.41) is 9.56. The minimum atomic E-state index is -3.35. The Kier molecular flexibility index (Phi) is 5.27. The molecule has 24 heavy (non-hydrogen) atoms. The third-order valence-electron chi connectivity index (χ3n) is 5.05. The van der Waals surface area contributed by atoms with E-state index in [1.54, 1.807) is 11.2 Å². The zero-order valence-corrected chi connectivity index (χ0v) is 15.5. The second kappa shape index (κ2) is 7.09. The lowest BCUT2D eigenvalue weighted by molar-refractivity contribution is 0.0690. The van der Waals surface area contributed by atoms with E-state index in [0.29, 0.717) is 16.4 Å².